The number of halogens is 1. The van der Waals surface area contributed by atoms with Crippen molar-refractivity contribution in [1.82, 2.24) is 14.9 Å². The summed E-state index contributed by atoms with van der Waals surface area (Å²) in [6, 6.07) is 10.1. The van der Waals surface area contributed by atoms with Crippen LogP contribution in [0.5, 0.6) is 0 Å². The molecule has 0 saturated heterocycles. The summed E-state index contributed by atoms with van der Waals surface area (Å²) >= 11 is 0. The molecule has 0 aliphatic carbocycles. The molecule has 3 rings (SSSR count). The zero-order chi connectivity index (χ0) is 16.4. The van der Waals surface area contributed by atoms with Crippen LogP contribution in [0.3, 0.4) is 0 Å². The number of pyridine rings is 1. The van der Waals surface area contributed by atoms with Gasteiger partial charge in [0.1, 0.15) is 5.82 Å². The molecule has 1 atom stereocenters. The van der Waals surface area contributed by atoms with E-state index in [9.17, 15) is 9.18 Å². The molecule has 2 heterocycles. The number of aromatic nitrogens is 2. The van der Waals surface area contributed by atoms with E-state index in [1.165, 1.54) is 12.1 Å². The van der Waals surface area contributed by atoms with E-state index >= 15 is 0 Å². The van der Waals surface area contributed by atoms with E-state index in [1.807, 2.05) is 25.1 Å². The maximum Gasteiger partial charge on any atom is 0.227 e. The van der Waals surface area contributed by atoms with Gasteiger partial charge in [0.05, 0.1) is 18.2 Å². The number of aromatic amines is 1. The fraction of sp³-hybridized carbons (Fsp3) is 0.222. The Morgan fingerprint density at radius 1 is 1.35 bits per heavy atom. The second-order valence-corrected chi connectivity index (χ2v) is 5.62. The van der Waals surface area contributed by atoms with Gasteiger partial charge in [-0.2, -0.15) is 0 Å². The number of benzene rings is 1. The largest absolute Gasteiger partial charge is 0.361 e. The molecule has 5 heteroatoms. The van der Waals surface area contributed by atoms with Crippen LogP contribution in [0.1, 0.15) is 24.2 Å². The van der Waals surface area contributed by atoms with Crippen molar-refractivity contribution in [2.45, 2.75) is 19.4 Å². The Hall–Kier alpha value is -2.69. The topological polar surface area (TPSA) is 49.0 Å². The van der Waals surface area contributed by atoms with Crippen LogP contribution in [0.2, 0.25) is 0 Å². The van der Waals surface area contributed by atoms with Crippen LogP contribution in [-0.4, -0.2) is 27.8 Å². The standard InChI is InChI=1S/C18H18FN3O/c1-12(16-5-3-4-8-20-16)22(2)18(23)9-13-11-21-17-7-6-14(19)10-15(13)17/h3-8,10-12,21H,9H2,1-2H3. The number of amides is 1. The monoisotopic (exact) mass is 311 g/mol. The van der Waals surface area contributed by atoms with Crippen molar-refractivity contribution >= 4 is 16.8 Å². The first-order chi connectivity index (χ1) is 11.1. The number of hydrogen-bond donors (Lipinski definition) is 1. The average molecular weight is 311 g/mol. The lowest BCUT2D eigenvalue weighted by Crippen LogP contribution is -2.31. The van der Waals surface area contributed by atoms with Gasteiger partial charge in [0.15, 0.2) is 0 Å². The van der Waals surface area contributed by atoms with Crippen molar-refractivity contribution in [1.29, 1.82) is 0 Å². The van der Waals surface area contributed by atoms with Crippen molar-refractivity contribution in [2.24, 2.45) is 0 Å². The predicted octanol–water partition coefficient (Wildman–Crippen LogP) is 3.46. The SMILES string of the molecule is CC(c1ccccn1)N(C)C(=O)Cc1c[nH]c2ccc(F)cc12. The molecule has 3 aromatic rings. The van der Waals surface area contributed by atoms with E-state index in [0.29, 0.717) is 0 Å². The Bertz CT molecular complexity index is 829. The summed E-state index contributed by atoms with van der Waals surface area (Å²) in [4.78, 5) is 21.6. The molecule has 0 spiro atoms. The molecular weight excluding hydrogens is 293 g/mol. The molecule has 2 aromatic heterocycles. The molecule has 0 aliphatic rings. The summed E-state index contributed by atoms with van der Waals surface area (Å²) in [6.07, 6.45) is 3.70. The summed E-state index contributed by atoms with van der Waals surface area (Å²) in [5.41, 5.74) is 2.47. The quantitative estimate of drug-likeness (QED) is 0.802. The van der Waals surface area contributed by atoms with Crippen LogP contribution < -0.4 is 0 Å². The zero-order valence-electron chi connectivity index (χ0n) is 13.1. The molecule has 1 N–H and O–H groups in total. The third-order valence-corrected chi connectivity index (χ3v) is 4.16. The Kier molecular flexibility index (Phi) is 4.10. The first kappa shape index (κ1) is 15.2. The molecule has 1 unspecified atom stereocenters. The van der Waals surface area contributed by atoms with Gasteiger partial charge in [-0.05, 0) is 42.8 Å². The van der Waals surface area contributed by atoms with Gasteiger partial charge in [-0.1, -0.05) is 6.07 Å². The van der Waals surface area contributed by atoms with E-state index in [1.54, 1.807) is 30.4 Å². The highest BCUT2D eigenvalue weighted by Gasteiger charge is 2.19. The molecule has 1 aromatic carbocycles. The zero-order valence-corrected chi connectivity index (χ0v) is 13.1. The van der Waals surface area contributed by atoms with Crippen LogP contribution >= 0.6 is 0 Å². The number of nitrogens with zero attached hydrogens (tertiary/aromatic N) is 2. The van der Waals surface area contributed by atoms with E-state index in [2.05, 4.69) is 9.97 Å². The lowest BCUT2D eigenvalue weighted by Gasteiger charge is -2.24. The fourth-order valence-corrected chi connectivity index (χ4v) is 2.62. The molecule has 0 fully saturated rings. The summed E-state index contributed by atoms with van der Waals surface area (Å²) in [7, 11) is 1.76. The number of rotatable bonds is 4. The summed E-state index contributed by atoms with van der Waals surface area (Å²) in [5.74, 6) is -0.339. The third kappa shape index (κ3) is 3.08. The first-order valence-corrected chi connectivity index (χ1v) is 7.48. The van der Waals surface area contributed by atoms with Crippen molar-refractivity contribution in [2.75, 3.05) is 7.05 Å². The van der Waals surface area contributed by atoms with Crippen LogP contribution in [0.25, 0.3) is 10.9 Å². The molecule has 0 saturated carbocycles. The van der Waals surface area contributed by atoms with Gasteiger partial charge in [-0.3, -0.25) is 9.78 Å². The first-order valence-electron chi connectivity index (χ1n) is 7.48. The van der Waals surface area contributed by atoms with Gasteiger partial charge in [0.2, 0.25) is 5.91 Å². The number of carbonyl (C=O) groups is 1. The summed E-state index contributed by atoms with van der Waals surface area (Å²) < 4.78 is 13.4. The number of H-pyrrole nitrogens is 1. The van der Waals surface area contributed by atoms with Gasteiger partial charge in [0, 0.05) is 30.3 Å². The second-order valence-electron chi connectivity index (χ2n) is 5.62. The Morgan fingerprint density at radius 2 is 2.17 bits per heavy atom. The van der Waals surface area contributed by atoms with Crippen molar-refractivity contribution in [3.8, 4) is 0 Å². The lowest BCUT2D eigenvalue weighted by atomic mass is 10.1. The second kappa shape index (κ2) is 6.20. The number of carbonyl (C=O) groups excluding carboxylic acids is 1. The van der Waals surface area contributed by atoms with Crippen molar-refractivity contribution in [3.63, 3.8) is 0 Å². The molecule has 0 bridgehead atoms. The van der Waals surface area contributed by atoms with Crippen LogP contribution in [0, 0.1) is 5.82 Å². The van der Waals surface area contributed by atoms with Crippen molar-refractivity contribution < 1.29 is 9.18 Å². The number of nitrogens with one attached hydrogen (secondary N) is 1. The van der Waals surface area contributed by atoms with Crippen LogP contribution in [-0.2, 0) is 11.2 Å². The molecule has 0 radical (unpaired) electrons. The smallest absolute Gasteiger partial charge is 0.227 e. The van der Waals surface area contributed by atoms with Gasteiger partial charge >= 0.3 is 0 Å². The average Bonchev–Trinajstić information content (AvgIpc) is 2.96. The summed E-state index contributed by atoms with van der Waals surface area (Å²) in [5, 5.41) is 0.747. The Balaban J connectivity index is 1.79. The van der Waals surface area contributed by atoms with Crippen LogP contribution in [0.15, 0.2) is 48.8 Å². The molecule has 23 heavy (non-hydrogen) atoms. The minimum atomic E-state index is -0.305. The van der Waals surface area contributed by atoms with E-state index in [4.69, 9.17) is 0 Å². The van der Waals surface area contributed by atoms with Gasteiger partial charge < -0.3 is 9.88 Å². The van der Waals surface area contributed by atoms with E-state index in [-0.39, 0.29) is 24.2 Å². The van der Waals surface area contributed by atoms with Crippen LogP contribution in [0.4, 0.5) is 4.39 Å². The van der Waals surface area contributed by atoms with Gasteiger partial charge in [0.25, 0.3) is 0 Å². The Labute approximate surface area is 134 Å². The van der Waals surface area contributed by atoms with Gasteiger partial charge in [-0.15, -0.1) is 0 Å². The molecule has 1 amide bonds. The molecule has 4 nitrogen and oxygen atoms in total. The number of fused-ring (bicyclic) bond motifs is 1. The molecule has 0 aliphatic heterocycles. The fourth-order valence-electron chi connectivity index (χ4n) is 2.62. The maximum atomic E-state index is 13.4. The minimum Gasteiger partial charge on any atom is -0.361 e. The van der Waals surface area contributed by atoms with E-state index in [0.717, 1.165) is 22.2 Å². The molecule has 118 valence electrons. The predicted molar refractivity (Wildman–Crippen MR) is 87.4 cm³/mol. The van der Waals surface area contributed by atoms with Crippen molar-refractivity contribution in [3.05, 3.63) is 65.9 Å². The van der Waals surface area contributed by atoms with E-state index < -0.39 is 0 Å². The minimum absolute atomic E-state index is 0.0340. The highest BCUT2D eigenvalue weighted by molar-refractivity contribution is 5.89. The highest BCUT2D eigenvalue weighted by atomic mass is 19.1. The summed E-state index contributed by atoms with van der Waals surface area (Å²) in [6.45, 7) is 1.94. The normalized spacial score (nSPS) is 12.3. The highest BCUT2D eigenvalue weighted by Crippen LogP contribution is 2.22. The molecular formula is C18H18FN3O. The number of hydrogen-bond acceptors (Lipinski definition) is 2. The number of likely N-dealkylation sites (N-methyl/N-ethyl adjacent to an activating group) is 1. The third-order valence-electron chi connectivity index (χ3n) is 4.16. The lowest BCUT2D eigenvalue weighted by molar-refractivity contribution is -0.131. The van der Waals surface area contributed by atoms with Gasteiger partial charge in [-0.25, -0.2) is 4.39 Å². The maximum absolute atomic E-state index is 13.4. The Morgan fingerprint density at radius 3 is 2.91 bits per heavy atom.